The molecule has 0 radical (unpaired) electrons. The van der Waals surface area contributed by atoms with Crippen LogP contribution in [0.5, 0.6) is 5.88 Å². The monoisotopic (exact) mass is 274 g/mol. The van der Waals surface area contributed by atoms with Crippen molar-refractivity contribution in [2.24, 2.45) is 0 Å². The Kier molecular flexibility index (Phi) is 4.63. The zero-order valence-corrected chi connectivity index (χ0v) is 10.5. The third-order valence-corrected chi connectivity index (χ3v) is 3.19. The summed E-state index contributed by atoms with van der Waals surface area (Å²) in [6.45, 7) is 1.22. The molecule has 1 atom stereocenters. The van der Waals surface area contributed by atoms with E-state index in [1.807, 2.05) is 0 Å². The predicted molar refractivity (Wildman–Crippen MR) is 65.0 cm³/mol. The van der Waals surface area contributed by atoms with E-state index >= 15 is 0 Å². The van der Waals surface area contributed by atoms with Crippen LogP contribution in [0.2, 0.25) is 0 Å². The van der Waals surface area contributed by atoms with Crippen molar-refractivity contribution in [3.05, 3.63) is 23.9 Å². The Morgan fingerprint density at radius 3 is 2.89 bits per heavy atom. The molecular formula is C13H17F3N2O. The fraction of sp³-hybridized carbons (Fsp3) is 0.615. The van der Waals surface area contributed by atoms with Crippen molar-refractivity contribution in [2.75, 3.05) is 13.2 Å². The van der Waals surface area contributed by atoms with Crippen molar-refractivity contribution in [3.63, 3.8) is 0 Å². The van der Waals surface area contributed by atoms with Gasteiger partial charge in [0.15, 0.2) is 0 Å². The van der Waals surface area contributed by atoms with Crippen molar-refractivity contribution in [1.29, 1.82) is 0 Å². The highest BCUT2D eigenvalue weighted by molar-refractivity contribution is 5.28. The summed E-state index contributed by atoms with van der Waals surface area (Å²) in [7, 11) is 0. The second-order valence-electron chi connectivity index (χ2n) is 4.64. The van der Waals surface area contributed by atoms with Gasteiger partial charge in [-0.3, -0.25) is 0 Å². The lowest BCUT2D eigenvalue weighted by Gasteiger charge is -2.23. The number of pyridine rings is 1. The minimum absolute atomic E-state index is 0.248. The van der Waals surface area contributed by atoms with E-state index < -0.39 is 11.7 Å². The molecule has 2 heterocycles. The average Bonchev–Trinajstić information content (AvgIpc) is 2.39. The molecule has 3 nitrogen and oxygen atoms in total. The van der Waals surface area contributed by atoms with Crippen molar-refractivity contribution in [2.45, 2.75) is 37.9 Å². The number of ether oxygens (including phenoxy) is 1. The first kappa shape index (κ1) is 14.1. The highest BCUT2D eigenvalue weighted by atomic mass is 19.4. The molecule has 0 aromatic carbocycles. The molecule has 1 aliphatic heterocycles. The maximum Gasteiger partial charge on any atom is 0.421 e. The van der Waals surface area contributed by atoms with Crippen molar-refractivity contribution < 1.29 is 17.9 Å². The van der Waals surface area contributed by atoms with Crippen LogP contribution in [0.25, 0.3) is 0 Å². The number of aromatic nitrogens is 1. The number of hydrogen-bond acceptors (Lipinski definition) is 3. The van der Waals surface area contributed by atoms with Crippen LogP contribution in [0.1, 0.15) is 31.2 Å². The molecule has 1 aliphatic rings. The Bertz CT molecular complexity index is 403. The summed E-state index contributed by atoms with van der Waals surface area (Å²) in [5, 5.41) is 3.33. The maximum atomic E-state index is 12.7. The maximum absolute atomic E-state index is 12.7. The van der Waals surface area contributed by atoms with E-state index in [-0.39, 0.29) is 12.5 Å². The number of hydrogen-bond donors (Lipinski definition) is 1. The van der Waals surface area contributed by atoms with Crippen LogP contribution in [0.15, 0.2) is 18.3 Å². The van der Waals surface area contributed by atoms with E-state index in [4.69, 9.17) is 4.74 Å². The summed E-state index contributed by atoms with van der Waals surface area (Å²) in [5.41, 5.74) is -0.813. The Morgan fingerprint density at radius 1 is 1.37 bits per heavy atom. The van der Waals surface area contributed by atoms with Crippen LogP contribution in [-0.2, 0) is 6.18 Å². The fourth-order valence-electron chi connectivity index (χ4n) is 2.19. The van der Waals surface area contributed by atoms with Crippen LogP contribution in [0.4, 0.5) is 13.2 Å². The molecule has 1 aromatic rings. The lowest BCUT2D eigenvalue weighted by atomic mass is 10.0. The Morgan fingerprint density at radius 2 is 2.21 bits per heavy atom. The van der Waals surface area contributed by atoms with Gasteiger partial charge in [0, 0.05) is 12.2 Å². The molecule has 1 fully saturated rings. The average molecular weight is 274 g/mol. The van der Waals surface area contributed by atoms with Gasteiger partial charge in [0.05, 0.1) is 6.61 Å². The third-order valence-electron chi connectivity index (χ3n) is 3.19. The largest absolute Gasteiger partial charge is 0.477 e. The number of rotatable bonds is 4. The summed E-state index contributed by atoms with van der Waals surface area (Å²) < 4.78 is 43.3. The van der Waals surface area contributed by atoms with E-state index in [2.05, 4.69) is 10.3 Å². The standard InChI is InChI=1S/C13H17F3N2O/c14-13(15,16)11-5-3-8-18-12(11)19-9-6-10-4-1-2-7-17-10/h3,5,8,10,17H,1-2,4,6-7,9H2. The van der Waals surface area contributed by atoms with Crippen LogP contribution in [-0.4, -0.2) is 24.2 Å². The van der Waals surface area contributed by atoms with Gasteiger partial charge in [0.25, 0.3) is 0 Å². The zero-order chi connectivity index (χ0) is 13.7. The van der Waals surface area contributed by atoms with Crippen LogP contribution >= 0.6 is 0 Å². The lowest BCUT2D eigenvalue weighted by Crippen LogP contribution is -2.35. The van der Waals surface area contributed by atoms with E-state index in [1.54, 1.807) is 0 Å². The molecule has 0 saturated carbocycles. The molecule has 0 spiro atoms. The molecule has 0 aliphatic carbocycles. The molecule has 19 heavy (non-hydrogen) atoms. The highest BCUT2D eigenvalue weighted by Gasteiger charge is 2.35. The smallest absolute Gasteiger partial charge is 0.421 e. The molecule has 0 amide bonds. The summed E-state index contributed by atoms with van der Waals surface area (Å²) >= 11 is 0. The van der Waals surface area contributed by atoms with Crippen molar-refractivity contribution >= 4 is 0 Å². The molecule has 1 N–H and O–H groups in total. The first-order chi connectivity index (χ1) is 9.07. The number of nitrogens with one attached hydrogen (secondary N) is 1. The van der Waals surface area contributed by atoms with Crippen LogP contribution < -0.4 is 10.1 Å². The SMILES string of the molecule is FC(F)(F)c1cccnc1OCCC1CCCCN1. The Labute approximate surface area is 110 Å². The van der Waals surface area contributed by atoms with Gasteiger partial charge in [-0.2, -0.15) is 13.2 Å². The van der Waals surface area contributed by atoms with Gasteiger partial charge in [-0.25, -0.2) is 4.98 Å². The van der Waals surface area contributed by atoms with Gasteiger partial charge in [0.1, 0.15) is 5.56 Å². The Balaban J connectivity index is 1.88. The van der Waals surface area contributed by atoms with Gasteiger partial charge in [0.2, 0.25) is 5.88 Å². The van der Waals surface area contributed by atoms with E-state index in [9.17, 15) is 13.2 Å². The van der Waals surface area contributed by atoms with Gasteiger partial charge in [-0.05, 0) is 37.9 Å². The number of halogens is 3. The predicted octanol–water partition coefficient (Wildman–Crippen LogP) is 3.01. The third kappa shape index (κ3) is 4.09. The molecular weight excluding hydrogens is 257 g/mol. The quantitative estimate of drug-likeness (QED) is 0.916. The van der Waals surface area contributed by atoms with Crippen molar-refractivity contribution in [1.82, 2.24) is 10.3 Å². The first-order valence-electron chi connectivity index (χ1n) is 6.46. The summed E-state index contributed by atoms with van der Waals surface area (Å²) in [6, 6.07) is 2.59. The molecule has 6 heteroatoms. The van der Waals surface area contributed by atoms with Crippen LogP contribution in [0.3, 0.4) is 0 Å². The van der Waals surface area contributed by atoms with Gasteiger partial charge in [-0.15, -0.1) is 0 Å². The number of piperidine rings is 1. The number of nitrogens with zero attached hydrogens (tertiary/aromatic N) is 1. The second kappa shape index (κ2) is 6.23. The molecule has 1 saturated heterocycles. The molecule has 1 unspecified atom stereocenters. The molecule has 2 rings (SSSR count). The van der Waals surface area contributed by atoms with Gasteiger partial charge < -0.3 is 10.1 Å². The number of alkyl halides is 3. The summed E-state index contributed by atoms with van der Waals surface area (Å²) in [6.07, 6.45) is 0.965. The zero-order valence-electron chi connectivity index (χ0n) is 10.5. The molecule has 1 aromatic heterocycles. The second-order valence-corrected chi connectivity index (χ2v) is 4.64. The van der Waals surface area contributed by atoms with Gasteiger partial charge in [-0.1, -0.05) is 6.42 Å². The van der Waals surface area contributed by atoms with E-state index in [0.717, 1.165) is 31.9 Å². The highest BCUT2D eigenvalue weighted by Crippen LogP contribution is 2.34. The minimum Gasteiger partial charge on any atom is -0.477 e. The van der Waals surface area contributed by atoms with Crippen molar-refractivity contribution in [3.8, 4) is 5.88 Å². The van der Waals surface area contributed by atoms with E-state index in [0.29, 0.717) is 12.5 Å². The molecule has 106 valence electrons. The minimum atomic E-state index is -4.42. The van der Waals surface area contributed by atoms with Gasteiger partial charge >= 0.3 is 6.18 Å². The molecule has 0 bridgehead atoms. The fourth-order valence-corrected chi connectivity index (χ4v) is 2.19. The van der Waals surface area contributed by atoms with E-state index in [1.165, 1.54) is 12.3 Å². The summed E-state index contributed by atoms with van der Waals surface area (Å²) in [5.74, 6) is -0.328. The normalized spacial score (nSPS) is 20.3. The first-order valence-corrected chi connectivity index (χ1v) is 6.46. The lowest BCUT2D eigenvalue weighted by molar-refractivity contribution is -0.139. The Hall–Kier alpha value is -1.30. The topological polar surface area (TPSA) is 34.1 Å². The summed E-state index contributed by atoms with van der Waals surface area (Å²) in [4.78, 5) is 3.67. The van der Waals surface area contributed by atoms with Crippen LogP contribution in [0, 0.1) is 0 Å².